The minimum Gasteiger partial charge on any atom is -0.326 e. The highest BCUT2D eigenvalue weighted by atomic mass is 16.2. The van der Waals surface area contributed by atoms with Gasteiger partial charge in [-0.05, 0) is 31.0 Å². The Balaban J connectivity index is 2.20. The summed E-state index contributed by atoms with van der Waals surface area (Å²) in [7, 11) is 0. The fourth-order valence-corrected chi connectivity index (χ4v) is 3.61. The summed E-state index contributed by atoms with van der Waals surface area (Å²) in [5.41, 5.74) is 1.49. The molecule has 0 aliphatic heterocycles. The van der Waals surface area contributed by atoms with Crippen molar-refractivity contribution in [3.05, 3.63) is 24.3 Å². The summed E-state index contributed by atoms with van der Waals surface area (Å²) in [6.45, 7) is 4.45. The number of benzene rings is 1. The van der Waals surface area contributed by atoms with Crippen molar-refractivity contribution in [1.82, 2.24) is 0 Å². The summed E-state index contributed by atoms with van der Waals surface area (Å²) in [5, 5.41) is 5.91. The average molecular weight is 417 g/mol. The molecular formula is C26H44N2O2. The van der Waals surface area contributed by atoms with Crippen LogP contribution in [0.3, 0.4) is 0 Å². The van der Waals surface area contributed by atoms with Gasteiger partial charge in [0.15, 0.2) is 0 Å². The lowest BCUT2D eigenvalue weighted by Crippen LogP contribution is -2.13. The molecule has 4 nitrogen and oxygen atoms in total. The molecule has 0 fully saturated rings. The first-order valence-electron chi connectivity index (χ1n) is 12.4. The zero-order valence-electron chi connectivity index (χ0n) is 19.4. The molecule has 30 heavy (non-hydrogen) atoms. The molecule has 0 aromatic heterocycles. The molecule has 0 unspecified atom stereocenters. The Hall–Kier alpha value is -1.84. The maximum absolute atomic E-state index is 12.2. The van der Waals surface area contributed by atoms with E-state index in [1.807, 2.05) is 24.3 Å². The van der Waals surface area contributed by atoms with E-state index in [0.29, 0.717) is 12.8 Å². The van der Waals surface area contributed by atoms with Gasteiger partial charge in [0.25, 0.3) is 0 Å². The molecule has 4 heteroatoms. The van der Waals surface area contributed by atoms with Gasteiger partial charge in [0, 0.05) is 24.2 Å². The number of carbonyl (C=O) groups is 2. The lowest BCUT2D eigenvalue weighted by Gasteiger charge is -2.09. The van der Waals surface area contributed by atoms with Gasteiger partial charge in [-0.2, -0.15) is 0 Å². The second-order valence-electron chi connectivity index (χ2n) is 8.42. The Morgan fingerprint density at radius 2 is 0.967 bits per heavy atom. The number of hydrogen-bond acceptors (Lipinski definition) is 2. The van der Waals surface area contributed by atoms with Crippen LogP contribution in [0, 0.1) is 0 Å². The summed E-state index contributed by atoms with van der Waals surface area (Å²) in [5.74, 6) is 0.102. The molecule has 1 rings (SSSR count). The Bertz CT molecular complexity index is 539. The van der Waals surface area contributed by atoms with Crippen LogP contribution in [0.1, 0.15) is 117 Å². The number of nitrogens with one attached hydrogen (secondary N) is 2. The third-order valence-electron chi connectivity index (χ3n) is 5.44. The van der Waals surface area contributed by atoms with Crippen molar-refractivity contribution < 1.29 is 9.59 Å². The van der Waals surface area contributed by atoms with Crippen LogP contribution in [0.5, 0.6) is 0 Å². The Labute approximate surface area is 184 Å². The highest BCUT2D eigenvalue weighted by Crippen LogP contribution is 2.17. The van der Waals surface area contributed by atoms with Gasteiger partial charge < -0.3 is 10.6 Å². The van der Waals surface area contributed by atoms with Crippen LogP contribution in [-0.2, 0) is 9.59 Å². The lowest BCUT2D eigenvalue weighted by molar-refractivity contribution is -0.117. The van der Waals surface area contributed by atoms with Crippen molar-refractivity contribution in [3.63, 3.8) is 0 Å². The van der Waals surface area contributed by atoms with E-state index in [1.54, 1.807) is 0 Å². The normalized spacial score (nSPS) is 10.7. The molecule has 1 aromatic rings. The van der Waals surface area contributed by atoms with Gasteiger partial charge in [0.2, 0.25) is 11.8 Å². The number of hydrogen-bond donors (Lipinski definition) is 2. The summed E-state index contributed by atoms with van der Waals surface area (Å²) < 4.78 is 0. The van der Waals surface area contributed by atoms with E-state index in [-0.39, 0.29) is 11.8 Å². The third-order valence-corrected chi connectivity index (χ3v) is 5.44. The molecule has 0 saturated heterocycles. The molecule has 1 aromatic carbocycles. The number of unbranched alkanes of at least 4 members (excludes halogenated alkanes) is 12. The molecule has 0 spiro atoms. The van der Waals surface area contributed by atoms with Crippen molar-refractivity contribution >= 4 is 23.2 Å². The quantitative estimate of drug-likeness (QED) is 0.239. The van der Waals surface area contributed by atoms with E-state index in [2.05, 4.69) is 24.5 Å². The molecule has 0 atom stereocenters. The van der Waals surface area contributed by atoms with Gasteiger partial charge in [0.1, 0.15) is 0 Å². The van der Waals surface area contributed by atoms with Crippen LogP contribution in [-0.4, -0.2) is 11.8 Å². The minimum absolute atomic E-state index is 0.0510. The first-order chi connectivity index (χ1) is 14.7. The molecular weight excluding hydrogens is 372 g/mol. The average Bonchev–Trinajstić information content (AvgIpc) is 2.72. The smallest absolute Gasteiger partial charge is 0.224 e. The molecule has 170 valence electrons. The summed E-state index contributed by atoms with van der Waals surface area (Å²) >= 11 is 0. The van der Waals surface area contributed by atoms with Gasteiger partial charge >= 0.3 is 0 Å². The minimum atomic E-state index is 0.0510. The first-order valence-corrected chi connectivity index (χ1v) is 12.4. The first kappa shape index (κ1) is 26.2. The number of carbonyl (C=O) groups excluding carboxylic acids is 2. The van der Waals surface area contributed by atoms with Crippen molar-refractivity contribution in [2.75, 3.05) is 10.6 Å². The van der Waals surface area contributed by atoms with Crippen molar-refractivity contribution in [2.45, 2.75) is 117 Å². The topological polar surface area (TPSA) is 58.2 Å². The van der Waals surface area contributed by atoms with Gasteiger partial charge in [-0.25, -0.2) is 0 Å². The largest absolute Gasteiger partial charge is 0.326 e. The van der Waals surface area contributed by atoms with Crippen LogP contribution < -0.4 is 10.6 Å². The fourth-order valence-electron chi connectivity index (χ4n) is 3.61. The van der Waals surface area contributed by atoms with Gasteiger partial charge in [0.05, 0.1) is 0 Å². The summed E-state index contributed by atoms with van der Waals surface area (Å²) in [6.07, 6.45) is 18.0. The number of rotatable bonds is 18. The van der Waals surface area contributed by atoms with E-state index < -0.39 is 0 Å². The molecule has 0 aliphatic carbocycles. The zero-order chi connectivity index (χ0) is 21.9. The molecule has 0 bridgehead atoms. The zero-order valence-corrected chi connectivity index (χ0v) is 19.4. The van der Waals surface area contributed by atoms with Crippen LogP contribution in [0.2, 0.25) is 0 Å². The van der Waals surface area contributed by atoms with Gasteiger partial charge in [-0.3, -0.25) is 9.59 Å². The van der Waals surface area contributed by atoms with E-state index in [4.69, 9.17) is 0 Å². The Kier molecular flexibility index (Phi) is 15.7. The number of amides is 2. The molecule has 2 amide bonds. The SMILES string of the molecule is CCCCCCCCCC(=O)Nc1cccc(NC(=O)CCCCCCCCC)c1. The number of anilines is 2. The Morgan fingerprint density at radius 1 is 0.600 bits per heavy atom. The van der Waals surface area contributed by atoms with E-state index in [0.717, 1.165) is 37.1 Å². The molecule has 0 saturated carbocycles. The monoisotopic (exact) mass is 416 g/mol. The van der Waals surface area contributed by atoms with Crippen LogP contribution in [0.25, 0.3) is 0 Å². The van der Waals surface area contributed by atoms with Crippen molar-refractivity contribution in [1.29, 1.82) is 0 Å². The highest BCUT2D eigenvalue weighted by Gasteiger charge is 2.06. The predicted octanol–water partition coefficient (Wildman–Crippen LogP) is 7.85. The lowest BCUT2D eigenvalue weighted by atomic mass is 10.1. The summed E-state index contributed by atoms with van der Waals surface area (Å²) in [4.78, 5) is 24.3. The highest BCUT2D eigenvalue weighted by molar-refractivity contribution is 5.94. The second-order valence-corrected chi connectivity index (χ2v) is 8.42. The fraction of sp³-hybridized carbons (Fsp3) is 0.692. The van der Waals surface area contributed by atoms with Crippen LogP contribution >= 0.6 is 0 Å². The van der Waals surface area contributed by atoms with Gasteiger partial charge in [-0.15, -0.1) is 0 Å². The third kappa shape index (κ3) is 14.2. The van der Waals surface area contributed by atoms with Crippen LogP contribution in [0.15, 0.2) is 24.3 Å². The van der Waals surface area contributed by atoms with Gasteiger partial charge in [-0.1, -0.05) is 97.0 Å². The summed E-state index contributed by atoms with van der Waals surface area (Å²) in [6, 6.07) is 7.45. The molecule has 0 heterocycles. The maximum atomic E-state index is 12.2. The van der Waals surface area contributed by atoms with Crippen molar-refractivity contribution in [2.24, 2.45) is 0 Å². The van der Waals surface area contributed by atoms with E-state index in [9.17, 15) is 9.59 Å². The maximum Gasteiger partial charge on any atom is 0.224 e. The van der Waals surface area contributed by atoms with Crippen LogP contribution in [0.4, 0.5) is 11.4 Å². The predicted molar refractivity (Wildman–Crippen MR) is 129 cm³/mol. The second kappa shape index (κ2) is 18.0. The van der Waals surface area contributed by atoms with Crippen molar-refractivity contribution in [3.8, 4) is 0 Å². The molecule has 0 aliphatic rings. The van der Waals surface area contributed by atoms with E-state index in [1.165, 1.54) is 64.2 Å². The standard InChI is InChI=1S/C26H44N2O2/c1-3-5-7-9-11-13-15-20-25(29)27-23-18-17-19-24(22-23)28-26(30)21-16-14-12-10-8-6-4-2/h17-19,22H,3-16,20-21H2,1-2H3,(H,27,29)(H,28,30). The Morgan fingerprint density at radius 3 is 1.37 bits per heavy atom. The van der Waals surface area contributed by atoms with E-state index >= 15 is 0 Å². The molecule has 0 radical (unpaired) electrons. The molecule has 2 N–H and O–H groups in total.